The number of hydrogen-bond acceptors (Lipinski definition) is 4. The molecule has 2 atom stereocenters. The minimum Gasteiger partial charge on any atom is -0.485 e. The van der Waals surface area contributed by atoms with Crippen molar-refractivity contribution in [1.82, 2.24) is 4.90 Å². The van der Waals surface area contributed by atoms with Crippen LogP contribution in [0, 0.1) is 11.6 Å². The molecule has 4 rings (SSSR count). The number of methoxy groups -OCH3 is 1. The number of benzene rings is 2. The first-order valence-electron chi connectivity index (χ1n) is 9.96. The Kier molecular flexibility index (Phi) is 6.15. The molecule has 0 radical (unpaired) electrons. The largest absolute Gasteiger partial charge is 0.485 e. The van der Waals surface area contributed by atoms with Crippen molar-refractivity contribution in [2.45, 2.75) is 31.5 Å². The number of piperazine rings is 1. The number of anilines is 1. The van der Waals surface area contributed by atoms with Gasteiger partial charge in [-0.15, -0.1) is 0 Å². The van der Waals surface area contributed by atoms with Crippen molar-refractivity contribution in [2.24, 2.45) is 0 Å². The zero-order valence-electron chi connectivity index (χ0n) is 16.7. The van der Waals surface area contributed by atoms with Crippen LogP contribution >= 0.6 is 0 Å². The van der Waals surface area contributed by atoms with Crippen molar-refractivity contribution in [1.29, 1.82) is 0 Å². The van der Waals surface area contributed by atoms with E-state index in [9.17, 15) is 17.6 Å². The van der Waals surface area contributed by atoms with E-state index >= 15 is 0 Å². The Morgan fingerprint density at radius 2 is 1.93 bits per heavy atom. The molecule has 30 heavy (non-hydrogen) atoms. The third-order valence-electron chi connectivity index (χ3n) is 5.69. The molecule has 2 aromatic rings. The van der Waals surface area contributed by atoms with Gasteiger partial charge in [0.1, 0.15) is 11.8 Å². The normalized spacial score (nSPS) is 21.7. The van der Waals surface area contributed by atoms with Crippen LogP contribution in [0.4, 0.5) is 23.2 Å². The van der Waals surface area contributed by atoms with E-state index in [1.807, 2.05) is 30.3 Å². The Morgan fingerprint density at radius 1 is 1.17 bits per heavy atom. The fraction of sp³-hybridized carbons (Fsp3) is 0.455. The molecule has 1 saturated heterocycles. The SMILES string of the molecule is COC[C@@H]1C[C@@H]2CN(Cc3ccccc3)CCN2c2c(F)c(F)cc(C(F)F)c2O1. The molecule has 2 aliphatic rings. The van der Waals surface area contributed by atoms with Crippen LogP contribution in [0.25, 0.3) is 0 Å². The monoisotopic (exact) mass is 424 g/mol. The lowest BCUT2D eigenvalue weighted by Gasteiger charge is -2.42. The third kappa shape index (κ3) is 4.11. The highest BCUT2D eigenvalue weighted by molar-refractivity contribution is 5.65. The topological polar surface area (TPSA) is 24.9 Å². The molecule has 8 heteroatoms. The fourth-order valence-corrected chi connectivity index (χ4v) is 4.36. The molecular formula is C22H24F4N2O2. The standard InChI is InChI=1S/C22H24F4N2O2/c1-29-13-16-9-15-12-27(11-14-5-3-2-4-6-14)7-8-28(15)20-19(24)18(23)10-17(22(25)26)21(20)30-16/h2-6,10,15-16,22H,7-9,11-13H2,1H3/t15-,16+/m1/s1. The average Bonchev–Trinajstić information content (AvgIpc) is 2.88. The summed E-state index contributed by atoms with van der Waals surface area (Å²) >= 11 is 0. The second-order valence-electron chi connectivity index (χ2n) is 7.74. The number of rotatable bonds is 5. The molecule has 0 unspecified atom stereocenters. The van der Waals surface area contributed by atoms with Gasteiger partial charge < -0.3 is 14.4 Å². The smallest absolute Gasteiger partial charge is 0.267 e. The number of halogens is 4. The molecule has 1 fully saturated rings. The average molecular weight is 424 g/mol. The van der Waals surface area contributed by atoms with Crippen LogP contribution in [0.2, 0.25) is 0 Å². The summed E-state index contributed by atoms with van der Waals surface area (Å²) in [5, 5.41) is 0. The Hall–Kier alpha value is -2.32. The second-order valence-corrected chi connectivity index (χ2v) is 7.74. The predicted octanol–water partition coefficient (Wildman–Crippen LogP) is 4.39. The Morgan fingerprint density at radius 3 is 2.63 bits per heavy atom. The van der Waals surface area contributed by atoms with Gasteiger partial charge in [0.25, 0.3) is 6.43 Å². The molecule has 0 saturated carbocycles. The van der Waals surface area contributed by atoms with E-state index in [2.05, 4.69) is 4.90 Å². The molecule has 0 amide bonds. The summed E-state index contributed by atoms with van der Waals surface area (Å²) in [6, 6.07) is 10.3. The van der Waals surface area contributed by atoms with Crippen molar-refractivity contribution in [3.8, 4) is 5.75 Å². The number of nitrogens with zero attached hydrogens (tertiary/aromatic N) is 2. The van der Waals surface area contributed by atoms with Crippen LogP contribution in [0.5, 0.6) is 5.75 Å². The zero-order valence-corrected chi connectivity index (χ0v) is 16.7. The molecule has 0 aromatic heterocycles. The minimum absolute atomic E-state index is 0.171. The third-order valence-corrected chi connectivity index (χ3v) is 5.69. The van der Waals surface area contributed by atoms with E-state index in [0.29, 0.717) is 32.1 Å². The van der Waals surface area contributed by atoms with E-state index in [4.69, 9.17) is 9.47 Å². The fourth-order valence-electron chi connectivity index (χ4n) is 4.36. The van der Waals surface area contributed by atoms with Crippen LogP contribution in [0.15, 0.2) is 36.4 Å². The van der Waals surface area contributed by atoms with Gasteiger partial charge in [-0.25, -0.2) is 17.6 Å². The summed E-state index contributed by atoms with van der Waals surface area (Å²) in [5.74, 6) is -2.71. The van der Waals surface area contributed by atoms with Gasteiger partial charge in [-0.1, -0.05) is 30.3 Å². The molecule has 162 valence electrons. The first kappa shape index (κ1) is 20.9. The van der Waals surface area contributed by atoms with Gasteiger partial charge in [-0.05, 0) is 11.6 Å². The van der Waals surface area contributed by atoms with E-state index in [-0.39, 0.29) is 24.1 Å². The summed E-state index contributed by atoms with van der Waals surface area (Å²) < 4.78 is 67.3. The van der Waals surface area contributed by atoms with Crippen LogP contribution in [0.1, 0.15) is 24.0 Å². The van der Waals surface area contributed by atoms with Crippen LogP contribution in [-0.2, 0) is 11.3 Å². The maximum atomic E-state index is 14.8. The lowest BCUT2D eigenvalue weighted by molar-refractivity contribution is 0.0654. The summed E-state index contributed by atoms with van der Waals surface area (Å²) in [4.78, 5) is 3.92. The molecule has 0 bridgehead atoms. The first-order chi connectivity index (χ1) is 14.5. The molecule has 0 N–H and O–H groups in total. The Bertz CT molecular complexity index is 881. The highest BCUT2D eigenvalue weighted by Gasteiger charge is 2.39. The van der Waals surface area contributed by atoms with Crippen molar-refractivity contribution in [2.75, 3.05) is 38.3 Å². The van der Waals surface area contributed by atoms with Gasteiger partial charge in [-0.3, -0.25) is 4.90 Å². The van der Waals surface area contributed by atoms with Gasteiger partial charge in [0.2, 0.25) is 0 Å². The quantitative estimate of drug-likeness (QED) is 0.665. The predicted molar refractivity (Wildman–Crippen MR) is 105 cm³/mol. The number of alkyl halides is 2. The van der Waals surface area contributed by atoms with Gasteiger partial charge in [0.15, 0.2) is 17.4 Å². The maximum Gasteiger partial charge on any atom is 0.267 e. The number of hydrogen-bond donors (Lipinski definition) is 0. The van der Waals surface area contributed by atoms with Crippen molar-refractivity contribution in [3.63, 3.8) is 0 Å². The molecule has 4 nitrogen and oxygen atoms in total. The molecule has 2 aliphatic heterocycles. The number of fused-ring (bicyclic) bond motifs is 3. The minimum atomic E-state index is -2.98. The van der Waals surface area contributed by atoms with Crippen LogP contribution in [0.3, 0.4) is 0 Å². The summed E-state index contributed by atoms with van der Waals surface area (Å²) in [6.07, 6.45) is -3.06. The maximum absolute atomic E-state index is 14.8. The molecule has 0 spiro atoms. The highest BCUT2D eigenvalue weighted by Crippen LogP contribution is 2.45. The lowest BCUT2D eigenvalue weighted by Crippen LogP contribution is -2.53. The van der Waals surface area contributed by atoms with E-state index in [1.165, 1.54) is 7.11 Å². The van der Waals surface area contributed by atoms with E-state index < -0.39 is 29.7 Å². The van der Waals surface area contributed by atoms with Gasteiger partial charge in [0, 0.05) is 45.8 Å². The summed E-state index contributed by atoms with van der Waals surface area (Å²) in [6.45, 7) is 2.46. The highest BCUT2D eigenvalue weighted by atomic mass is 19.3. The lowest BCUT2D eigenvalue weighted by atomic mass is 10.0. The van der Waals surface area contributed by atoms with E-state index in [1.54, 1.807) is 4.90 Å². The molecule has 2 aromatic carbocycles. The van der Waals surface area contributed by atoms with Crippen molar-refractivity contribution in [3.05, 3.63) is 59.2 Å². The zero-order chi connectivity index (χ0) is 21.3. The summed E-state index contributed by atoms with van der Waals surface area (Å²) in [7, 11) is 1.49. The Balaban J connectivity index is 1.68. The van der Waals surface area contributed by atoms with Crippen LogP contribution in [-0.4, -0.2) is 50.4 Å². The molecular weight excluding hydrogens is 400 g/mol. The summed E-state index contributed by atoms with van der Waals surface area (Å²) in [5.41, 5.74) is 0.326. The Labute approximate surface area is 173 Å². The van der Waals surface area contributed by atoms with Gasteiger partial charge in [0.05, 0.1) is 12.2 Å². The molecule has 2 heterocycles. The van der Waals surface area contributed by atoms with Crippen LogP contribution < -0.4 is 9.64 Å². The van der Waals surface area contributed by atoms with Crippen molar-refractivity contribution >= 4 is 5.69 Å². The molecule has 0 aliphatic carbocycles. The van der Waals surface area contributed by atoms with Gasteiger partial charge in [-0.2, -0.15) is 0 Å². The van der Waals surface area contributed by atoms with Gasteiger partial charge >= 0.3 is 0 Å². The second kappa shape index (κ2) is 8.81. The number of ether oxygens (including phenoxy) is 2. The first-order valence-corrected chi connectivity index (χ1v) is 9.96. The van der Waals surface area contributed by atoms with Crippen molar-refractivity contribution < 1.29 is 27.0 Å². The van der Waals surface area contributed by atoms with E-state index in [0.717, 1.165) is 12.1 Å².